The number of fused-ring (bicyclic) bond motifs is 2. The average molecular weight is 507 g/mol. The number of amides is 1. The summed E-state index contributed by atoms with van der Waals surface area (Å²) in [5, 5.41) is 11.8. The van der Waals surface area contributed by atoms with Gasteiger partial charge in [0, 0.05) is 30.2 Å². The molecule has 5 rings (SSSR count). The summed E-state index contributed by atoms with van der Waals surface area (Å²) in [5.41, 5.74) is 7.17. The maximum Gasteiger partial charge on any atom is 0.243 e. The fourth-order valence-electron chi connectivity index (χ4n) is 4.35. The number of carbonyl (C=O) groups excluding carboxylic acids is 1. The van der Waals surface area contributed by atoms with Crippen LogP contribution >= 0.6 is 11.6 Å². The van der Waals surface area contributed by atoms with Crippen LogP contribution in [-0.4, -0.2) is 49.0 Å². The van der Waals surface area contributed by atoms with E-state index in [0.717, 1.165) is 27.1 Å². The molecule has 4 aromatic rings. The quantitative estimate of drug-likeness (QED) is 0.315. The van der Waals surface area contributed by atoms with E-state index < -0.39 is 10.0 Å². The summed E-state index contributed by atoms with van der Waals surface area (Å²) < 4.78 is 27.7. The normalized spacial score (nSPS) is 15.1. The Bertz CT molecular complexity index is 1600. The predicted molar refractivity (Wildman–Crippen MR) is 138 cm³/mol. The zero-order valence-electron chi connectivity index (χ0n) is 18.7. The second kappa shape index (κ2) is 8.96. The van der Waals surface area contributed by atoms with E-state index in [1.165, 1.54) is 4.31 Å². The molecule has 1 amide bonds. The summed E-state index contributed by atoms with van der Waals surface area (Å²) in [7, 11) is -3.81. The number of amidine groups is 1. The van der Waals surface area contributed by atoms with Crippen LogP contribution in [0.2, 0.25) is 5.02 Å². The number of sulfonamides is 1. The zero-order valence-corrected chi connectivity index (χ0v) is 20.3. The van der Waals surface area contributed by atoms with Gasteiger partial charge in [-0.15, -0.1) is 0 Å². The summed E-state index contributed by atoms with van der Waals surface area (Å²) in [4.78, 5) is 14.7. The van der Waals surface area contributed by atoms with Gasteiger partial charge in [0.2, 0.25) is 15.9 Å². The van der Waals surface area contributed by atoms with E-state index in [4.69, 9.17) is 22.7 Å². The van der Waals surface area contributed by atoms with Crippen LogP contribution in [0.3, 0.4) is 0 Å². The average Bonchev–Trinajstić information content (AvgIpc) is 2.84. The molecule has 0 spiro atoms. The molecule has 0 unspecified atom stereocenters. The summed E-state index contributed by atoms with van der Waals surface area (Å²) in [6, 6.07) is 21.6. The van der Waals surface area contributed by atoms with E-state index in [-0.39, 0.29) is 29.7 Å². The Kier molecular flexibility index (Phi) is 5.96. The third-order valence-electron chi connectivity index (χ3n) is 6.28. The van der Waals surface area contributed by atoms with Crippen LogP contribution in [0.5, 0.6) is 0 Å². The highest BCUT2D eigenvalue weighted by molar-refractivity contribution is 7.89. The number of nitrogen functional groups attached to an aromatic ring is 1. The Morgan fingerprint density at radius 3 is 2.37 bits per heavy atom. The summed E-state index contributed by atoms with van der Waals surface area (Å²) in [6.07, 6.45) is 0. The number of piperazine rings is 1. The fraction of sp³-hybridized carbons (Fsp3) is 0.154. The number of nitrogens with one attached hydrogen (secondary N) is 1. The first-order valence-electron chi connectivity index (χ1n) is 11.0. The third-order valence-corrected chi connectivity index (χ3v) is 8.36. The van der Waals surface area contributed by atoms with E-state index in [9.17, 15) is 13.2 Å². The highest BCUT2D eigenvalue weighted by Gasteiger charge is 2.33. The van der Waals surface area contributed by atoms with Gasteiger partial charge in [0.15, 0.2) is 0 Å². The molecule has 4 aromatic carbocycles. The number of nitrogens with two attached hydrogens (primary N) is 1. The van der Waals surface area contributed by atoms with Crippen molar-refractivity contribution in [3.05, 3.63) is 88.9 Å². The van der Waals surface area contributed by atoms with Crippen LogP contribution in [0, 0.1) is 5.41 Å². The number of benzene rings is 4. The van der Waals surface area contributed by atoms with Crippen molar-refractivity contribution in [3.63, 3.8) is 0 Å². The van der Waals surface area contributed by atoms with Crippen LogP contribution in [0.4, 0.5) is 0 Å². The van der Waals surface area contributed by atoms with E-state index >= 15 is 0 Å². The molecule has 178 valence electrons. The Hall–Kier alpha value is -3.46. The lowest BCUT2D eigenvalue weighted by Crippen LogP contribution is -2.51. The summed E-state index contributed by atoms with van der Waals surface area (Å²) in [5.74, 6) is -0.245. The van der Waals surface area contributed by atoms with Crippen LogP contribution in [0.15, 0.2) is 77.7 Å². The molecule has 1 saturated heterocycles. The van der Waals surface area contributed by atoms with Crippen LogP contribution in [0.1, 0.15) is 11.1 Å². The largest absolute Gasteiger partial charge is 0.384 e. The van der Waals surface area contributed by atoms with Crippen molar-refractivity contribution >= 4 is 54.9 Å². The van der Waals surface area contributed by atoms with Crippen LogP contribution in [-0.2, 0) is 21.4 Å². The molecule has 0 saturated carbocycles. The van der Waals surface area contributed by atoms with Gasteiger partial charge >= 0.3 is 0 Å². The Labute approximate surface area is 208 Å². The first-order valence-corrected chi connectivity index (χ1v) is 12.9. The van der Waals surface area contributed by atoms with Crippen LogP contribution < -0.4 is 5.73 Å². The molecule has 3 N–H and O–H groups in total. The molecule has 0 atom stereocenters. The summed E-state index contributed by atoms with van der Waals surface area (Å²) >= 11 is 6.02. The van der Waals surface area contributed by atoms with Crippen molar-refractivity contribution in [2.45, 2.75) is 11.4 Å². The lowest BCUT2D eigenvalue weighted by molar-refractivity contribution is -0.134. The smallest absolute Gasteiger partial charge is 0.243 e. The molecule has 1 fully saturated rings. The summed E-state index contributed by atoms with van der Waals surface area (Å²) in [6.45, 7) is 0.689. The fourth-order valence-corrected chi connectivity index (χ4v) is 5.94. The Morgan fingerprint density at radius 1 is 0.886 bits per heavy atom. The van der Waals surface area contributed by atoms with E-state index in [1.807, 2.05) is 30.3 Å². The highest BCUT2D eigenvalue weighted by atomic mass is 35.5. The second-order valence-electron chi connectivity index (χ2n) is 8.62. The van der Waals surface area contributed by atoms with Crippen molar-refractivity contribution < 1.29 is 13.2 Å². The maximum atomic E-state index is 13.2. The second-order valence-corrected chi connectivity index (χ2v) is 11.0. The molecular formula is C26H23ClN4O3S. The van der Waals surface area contributed by atoms with E-state index in [1.54, 1.807) is 47.4 Å². The van der Waals surface area contributed by atoms with Gasteiger partial charge in [-0.1, -0.05) is 48.0 Å². The molecule has 0 aromatic heterocycles. The minimum Gasteiger partial charge on any atom is -0.384 e. The van der Waals surface area contributed by atoms with Gasteiger partial charge in [0.25, 0.3) is 0 Å². The molecular weight excluding hydrogens is 484 g/mol. The van der Waals surface area contributed by atoms with Crippen molar-refractivity contribution in [2.75, 3.05) is 19.6 Å². The van der Waals surface area contributed by atoms with E-state index in [2.05, 4.69) is 0 Å². The van der Waals surface area contributed by atoms with Gasteiger partial charge in [-0.05, 0) is 63.5 Å². The molecule has 1 heterocycles. The van der Waals surface area contributed by atoms with Gasteiger partial charge in [-0.3, -0.25) is 10.2 Å². The SMILES string of the molecule is N=C(N)c1ccc2ccc(CN3CCN(S(=O)(=O)c4ccc5cc(Cl)ccc5c4)CC3=O)cc2c1. The molecule has 0 radical (unpaired) electrons. The lowest BCUT2D eigenvalue weighted by atomic mass is 10.0. The lowest BCUT2D eigenvalue weighted by Gasteiger charge is -2.33. The minimum absolute atomic E-state index is 0.0000220. The first-order chi connectivity index (χ1) is 16.7. The zero-order chi connectivity index (χ0) is 24.7. The van der Waals surface area contributed by atoms with E-state index in [0.29, 0.717) is 23.7 Å². The number of halogens is 1. The predicted octanol–water partition coefficient (Wildman–Crippen LogP) is 3.96. The van der Waals surface area contributed by atoms with Gasteiger partial charge in [-0.2, -0.15) is 4.31 Å². The highest BCUT2D eigenvalue weighted by Crippen LogP contribution is 2.26. The molecule has 0 aliphatic carbocycles. The van der Waals surface area contributed by atoms with Gasteiger partial charge in [-0.25, -0.2) is 8.42 Å². The molecule has 9 heteroatoms. The number of hydrogen-bond acceptors (Lipinski definition) is 4. The first kappa shape index (κ1) is 23.3. The number of rotatable bonds is 5. The number of hydrogen-bond donors (Lipinski definition) is 2. The van der Waals surface area contributed by atoms with Gasteiger partial charge in [0.1, 0.15) is 5.84 Å². The molecule has 7 nitrogen and oxygen atoms in total. The number of carbonyl (C=O) groups is 1. The van der Waals surface area contributed by atoms with Gasteiger partial charge in [0.05, 0.1) is 11.4 Å². The number of nitrogens with zero attached hydrogens (tertiary/aromatic N) is 2. The van der Waals surface area contributed by atoms with Crippen molar-refractivity contribution in [1.29, 1.82) is 5.41 Å². The maximum absolute atomic E-state index is 13.2. The Balaban J connectivity index is 1.32. The molecule has 1 aliphatic rings. The third kappa shape index (κ3) is 4.60. The van der Waals surface area contributed by atoms with Crippen molar-refractivity contribution in [1.82, 2.24) is 9.21 Å². The minimum atomic E-state index is -3.81. The molecule has 0 bridgehead atoms. The Morgan fingerprint density at radius 2 is 1.60 bits per heavy atom. The van der Waals surface area contributed by atoms with Crippen molar-refractivity contribution in [2.24, 2.45) is 5.73 Å². The van der Waals surface area contributed by atoms with Gasteiger partial charge < -0.3 is 10.6 Å². The molecule has 35 heavy (non-hydrogen) atoms. The van der Waals surface area contributed by atoms with Crippen LogP contribution in [0.25, 0.3) is 21.5 Å². The van der Waals surface area contributed by atoms with Crippen molar-refractivity contribution in [3.8, 4) is 0 Å². The standard InChI is InChI=1S/C26H23ClN4O3S/c27-23-7-5-20-14-24(8-6-19(20)13-23)35(33,34)31-10-9-30(25(32)16-31)15-17-1-2-18-3-4-21(26(28)29)12-22(18)11-17/h1-8,11-14H,9-10,15-16H2,(H3,28,29). The molecule has 1 aliphatic heterocycles. The monoisotopic (exact) mass is 506 g/mol. The topological polar surface area (TPSA) is 108 Å².